The first-order valence-corrected chi connectivity index (χ1v) is 5.47. The molecule has 1 unspecified atom stereocenters. The van der Waals surface area contributed by atoms with Gasteiger partial charge in [-0.2, -0.15) is 0 Å². The Morgan fingerprint density at radius 3 is 2.29 bits per heavy atom. The van der Waals surface area contributed by atoms with Crippen molar-refractivity contribution in [2.75, 3.05) is 0 Å². The summed E-state index contributed by atoms with van der Waals surface area (Å²) < 4.78 is 0. The molecule has 0 bridgehead atoms. The summed E-state index contributed by atoms with van der Waals surface area (Å²) in [4.78, 5) is 32.9. The Hall–Kier alpha value is -1.79. The van der Waals surface area contributed by atoms with Crippen LogP contribution < -0.4 is 16.4 Å². The van der Waals surface area contributed by atoms with E-state index in [1.54, 1.807) is 0 Å². The van der Waals surface area contributed by atoms with E-state index in [-0.39, 0.29) is 0 Å². The zero-order valence-corrected chi connectivity index (χ0v) is 10.0. The number of urea groups is 1. The first kappa shape index (κ1) is 15.2. The molecule has 7 nitrogen and oxygen atoms in total. The fourth-order valence-corrected chi connectivity index (χ4v) is 1.13. The van der Waals surface area contributed by atoms with Crippen LogP contribution in [-0.2, 0) is 9.59 Å². The molecule has 0 radical (unpaired) electrons. The maximum absolute atomic E-state index is 11.3. The quantitative estimate of drug-likeness (QED) is 0.496. The number of carboxylic acids is 1. The molecule has 98 valence electrons. The van der Waals surface area contributed by atoms with Gasteiger partial charge < -0.3 is 21.5 Å². The second-order valence-electron chi connectivity index (χ2n) is 3.77. The van der Waals surface area contributed by atoms with Crippen LogP contribution in [0.2, 0.25) is 0 Å². The predicted octanol–water partition coefficient (Wildman–Crippen LogP) is -0.197. The lowest BCUT2D eigenvalue weighted by molar-refractivity contribution is -0.139. The first-order chi connectivity index (χ1) is 7.88. The van der Waals surface area contributed by atoms with Crippen molar-refractivity contribution < 1.29 is 19.5 Å². The summed E-state index contributed by atoms with van der Waals surface area (Å²) in [6, 6.07) is -2.49. The molecule has 2 atom stereocenters. The molecule has 0 aromatic heterocycles. The second kappa shape index (κ2) is 7.48. The van der Waals surface area contributed by atoms with Gasteiger partial charge in [0.15, 0.2) is 0 Å². The number of nitrogens with two attached hydrogens (primary N) is 1. The summed E-state index contributed by atoms with van der Waals surface area (Å²) >= 11 is 0. The summed E-state index contributed by atoms with van der Waals surface area (Å²) in [6.45, 7) is 3.35. The highest BCUT2D eigenvalue weighted by molar-refractivity contribution is 5.87. The van der Waals surface area contributed by atoms with Crippen molar-refractivity contribution in [1.82, 2.24) is 10.6 Å². The molecule has 0 aromatic rings. The zero-order chi connectivity index (χ0) is 13.4. The molecule has 0 saturated carbocycles. The lowest BCUT2D eigenvalue weighted by Crippen LogP contribution is -2.51. The number of carbonyl (C=O) groups excluding carboxylic acids is 2. The number of hydrogen-bond acceptors (Lipinski definition) is 3. The maximum atomic E-state index is 11.3. The van der Waals surface area contributed by atoms with Crippen molar-refractivity contribution in [2.45, 2.75) is 45.2 Å². The normalized spacial score (nSPS) is 13.5. The lowest BCUT2D eigenvalue weighted by atomic mass is 10.1. The highest BCUT2D eigenvalue weighted by Crippen LogP contribution is 2.00. The number of carbonyl (C=O) groups is 3. The van der Waals surface area contributed by atoms with Gasteiger partial charge in [-0.15, -0.1) is 0 Å². The zero-order valence-electron chi connectivity index (χ0n) is 10.0. The summed E-state index contributed by atoms with van der Waals surface area (Å²) in [6.07, 6.45) is 1.89. The molecule has 0 aliphatic rings. The van der Waals surface area contributed by atoms with Crippen molar-refractivity contribution in [3.8, 4) is 0 Å². The third-order valence-corrected chi connectivity index (χ3v) is 2.22. The number of rotatable bonds is 7. The van der Waals surface area contributed by atoms with Gasteiger partial charge >= 0.3 is 12.0 Å². The Morgan fingerprint density at radius 1 is 1.29 bits per heavy atom. The average Bonchev–Trinajstić information content (AvgIpc) is 2.23. The van der Waals surface area contributed by atoms with Crippen molar-refractivity contribution in [2.24, 2.45) is 5.73 Å². The van der Waals surface area contributed by atoms with Crippen LogP contribution in [0.4, 0.5) is 4.79 Å². The maximum Gasteiger partial charge on any atom is 0.326 e. The molecular weight excluding hydrogens is 226 g/mol. The molecule has 0 rings (SSSR count). The standard InChI is InChI=1S/C10H19N3O4/c1-3-4-5-7(9(15)16)13-10(17)12-6(2)8(11)14/h6-7H,3-5H2,1-2H3,(H2,11,14)(H,15,16)(H2,12,13,17)/t6?,7-/m0/s1. The number of unbranched alkanes of at least 4 members (excludes halogenated alkanes) is 1. The second-order valence-corrected chi connectivity index (χ2v) is 3.77. The number of nitrogens with one attached hydrogen (secondary N) is 2. The van der Waals surface area contributed by atoms with Crippen molar-refractivity contribution in [1.29, 1.82) is 0 Å². The van der Waals surface area contributed by atoms with E-state index < -0.39 is 30.0 Å². The van der Waals surface area contributed by atoms with Crippen LogP contribution in [0.15, 0.2) is 0 Å². The minimum Gasteiger partial charge on any atom is -0.480 e. The summed E-state index contributed by atoms with van der Waals surface area (Å²) in [5.74, 6) is -1.78. The van der Waals surface area contributed by atoms with E-state index in [4.69, 9.17) is 10.8 Å². The van der Waals surface area contributed by atoms with Crippen molar-refractivity contribution in [3.05, 3.63) is 0 Å². The predicted molar refractivity (Wildman–Crippen MR) is 61.3 cm³/mol. The van der Waals surface area contributed by atoms with Crippen LogP contribution in [0.1, 0.15) is 33.1 Å². The van der Waals surface area contributed by atoms with Crippen LogP contribution in [0.25, 0.3) is 0 Å². The minimum atomic E-state index is -1.10. The SMILES string of the molecule is CCCC[C@H](NC(=O)NC(C)C(N)=O)C(=O)O. The molecule has 0 saturated heterocycles. The molecule has 0 heterocycles. The molecule has 5 N–H and O–H groups in total. The van der Waals surface area contributed by atoms with E-state index in [0.29, 0.717) is 12.8 Å². The number of carboxylic acid groups (broad SMARTS) is 1. The highest BCUT2D eigenvalue weighted by atomic mass is 16.4. The Kier molecular flexibility index (Phi) is 6.69. The van der Waals surface area contributed by atoms with Crippen LogP contribution in [0.5, 0.6) is 0 Å². The molecule has 17 heavy (non-hydrogen) atoms. The van der Waals surface area contributed by atoms with Crippen LogP contribution in [-0.4, -0.2) is 35.1 Å². The topological polar surface area (TPSA) is 122 Å². The largest absolute Gasteiger partial charge is 0.480 e. The molecular formula is C10H19N3O4. The summed E-state index contributed by atoms with van der Waals surface area (Å²) in [5, 5.41) is 13.4. The first-order valence-electron chi connectivity index (χ1n) is 5.47. The molecule has 0 aliphatic carbocycles. The minimum absolute atomic E-state index is 0.351. The van der Waals surface area contributed by atoms with Gasteiger partial charge in [0, 0.05) is 0 Å². The van der Waals surface area contributed by atoms with Gasteiger partial charge in [-0.1, -0.05) is 19.8 Å². The van der Waals surface area contributed by atoms with Gasteiger partial charge in [0.25, 0.3) is 0 Å². The van der Waals surface area contributed by atoms with Gasteiger partial charge in [0.2, 0.25) is 5.91 Å². The molecule has 0 aromatic carbocycles. The summed E-state index contributed by atoms with van der Waals surface area (Å²) in [7, 11) is 0. The average molecular weight is 245 g/mol. The number of primary amides is 1. The smallest absolute Gasteiger partial charge is 0.326 e. The Bertz CT molecular complexity index is 293. The third kappa shape index (κ3) is 6.39. The van der Waals surface area contributed by atoms with E-state index in [2.05, 4.69) is 10.6 Å². The fraction of sp³-hybridized carbons (Fsp3) is 0.700. The van der Waals surface area contributed by atoms with E-state index in [9.17, 15) is 14.4 Å². The van der Waals surface area contributed by atoms with E-state index >= 15 is 0 Å². The van der Waals surface area contributed by atoms with Crippen LogP contribution in [0, 0.1) is 0 Å². The Balaban J connectivity index is 4.21. The van der Waals surface area contributed by atoms with Crippen LogP contribution in [0.3, 0.4) is 0 Å². The van der Waals surface area contributed by atoms with E-state index in [1.807, 2.05) is 6.92 Å². The highest BCUT2D eigenvalue weighted by Gasteiger charge is 2.20. The monoisotopic (exact) mass is 245 g/mol. The number of hydrogen-bond donors (Lipinski definition) is 4. The fourth-order valence-electron chi connectivity index (χ4n) is 1.13. The molecule has 7 heteroatoms. The van der Waals surface area contributed by atoms with Gasteiger partial charge in [-0.25, -0.2) is 9.59 Å². The molecule has 0 aliphatic heterocycles. The van der Waals surface area contributed by atoms with Gasteiger partial charge in [-0.05, 0) is 13.3 Å². The summed E-state index contributed by atoms with van der Waals surface area (Å²) in [5.41, 5.74) is 4.96. The van der Waals surface area contributed by atoms with Crippen LogP contribution >= 0.6 is 0 Å². The van der Waals surface area contributed by atoms with Gasteiger partial charge in [0.05, 0.1) is 0 Å². The van der Waals surface area contributed by atoms with Crippen molar-refractivity contribution in [3.63, 3.8) is 0 Å². The Morgan fingerprint density at radius 2 is 1.88 bits per heavy atom. The molecule has 0 fully saturated rings. The number of aliphatic carboxylic acids is 1. The van der Waals surface area contributed by atoms with E-state index in [0.717, 1.165) is 6.42 Å². The lowest BCUT2D eigenvalue weighted by Gasteiger charge is -2.16. The Labute approximate surface area is 99.7 Å². The van der Waals surface area contributed by atoms with Crippen molar-refractivity contribution >= 4 is 17.9 Å². The van der Waals surface area contributed by atoms with Gasteiger partial charge in [-0.3, -0.25) is 4.79 Å². The third-order valence-electron chi connectivity index (χ3n) is 2.22. The van der Waals surface area contributed by atoms with Gasteiger partial charge in [0.1, 0.15) is 12.1 Å². The number of amides is 3. The van der Waals surface area contributed by atoms with E-state index in [1.165, 1.54) is 6.92 Å². The molecule has 0 spiro atoms. The molecule has 3 amide bonds.